The number of aromatic nitrogens is 2. The largest absolute Gasteiger partial charge is 0.497 e. The minimum absolute atomic E-state index is 0.311. The Kier molecular flexibility index (Phi) is 2.98. The van der Waals surface area contributed by atoms with Crippen molar-refractivity contribution in [3.05, 3.63) is 46.7 Å². The van der Waals surface area contributed by atoms with Gasteiger partial charge in [-0.05, 0) is 30.3 Å². The molecule has 3 aromatic rings. The van der Waals surface area contributed by atoms with Gasteiger partial charge in [0.15, 0.2) is 0 Å². The topological polar surface area (TPSA) is 37.9 Å². The van der Waals surface area contributed by atoms with Gasteiger partial charge in [0, 0.05) is 10.5 Å². The number of halogens is 2. The summed E-state index contributed by atoms with van der Waals surface area (Å²) in [4.78, 5) is 7.49. The molecule has 0 radical (unpaired) electrons. The molecule has 0 aliphatic rings. The molecule has 0 saturated carbocycles. The van der Waals surface area contributed by atoms with Crippen molar-refractivity contribution >= 4 is 27.0 Å². The molecule has 0 aliphatic heterocycles. The molecule has 0 saturated heterocycles. The van der Waals surface area contributed by atoms with Gasteiger partial charge < -0.3 is 9.72 Å². The van der Waals surface area contributed by atoms with Crippen molar-refractivity contribution in [1.29, 1.82) is 0 Å². The van der Waals surface area contributed by atoms with Crippen LogP contribution in [0.3, 0.4) is 0 Å². The summed E-state index contributed by atoms with van der Waals surface area (Å²) >= 11 is 3.33. The van der Waals surface area contributed by atoms with Gasteiger partial charge in [-0.1, -0.05) is 15.9 Å². The zero-order valence-corrected chi connectivity index (χ0v) is 11.7. The molecule has 5 heteroatoms. The number of fused-ring (bicyclic) bond motifs is 1. The van der Waals surface area contributed by atoms with E-state index in [1.165, 1.54) is 6.07 Å². The Morgan fingerprint density at radius 3 is 2.84 bits per heavy atom. The van der Waals surface area contributed by atoms with Gasteiger partial charge in [0.25, 0.3) is 0 Å². The van der Waals surface area contributed by atoms with Gasteiger partial charge in [-0.25, -0.2) is 9.37 Å². The van der Waals surface area contributed by atoms with Gasteiger partial charge in [0.1, 0.15) is 17.4 Å². The van der Waals surface area contributed by atoms with E-state index in [0.29, 0.717) is 11.4 Å². The molecule has 1 heterocycles. The Labute approximate surface area is 117 Å². The van der Waals surface area contributed by atoms with Gasteiger partial charge in [-0.3, -0.25) is 0 Å². The van der Waals surface area contributed by atoms with Gasteiger partial charge in [-0.15, -0.1) is 0 Å². The first-order chi connectivity index (χ1) is 9.17. The molecule has 0 spiro atoms. The molecule has 96 valence electrons. The SMILES string of the molecule is COc1ccc2nc(-c3cc(Br)ccc3F)[nH]c2c1. The van der Waals surface area contributed by atoms with E-state index in [4.69, 9.17) is 4.74 Å². The number of hydrogen-bond donors (Lipinski definition) is 1. The molecular weight excluding hydrogens is 311 g/mol. The molecule has 0 amide bonds. The molecule has 0 fully saturated rings. The number of ether oxygens (including phenoxy) is 1. The van der Waals surface area contributed by atoms with Crippen LogP contribution in [-0.2, 0) is 0 Å². The van der Waals surface area contributed by atoms with Gasteiger partial charge in [0.2, 0.25) is 0 Å². The van der Waals surface area contributed by atoms with Crippen molar-refractivity contribution in [2.75, 3.05) is 7.11 Å². The van der Waals surface area contributed by atoms with E-state index >= 15 is 0 Å². The first-order valence-electron chi connectivity index (χ1n) is 5.66. The van der Waals surface area contributed by atoms with E-state index in [2.05, 4.69) is 25.9 Å². The number of hydrogen-bond acceptors (Lipinski definition) is 2. The Morgan fingerprint density at radius 2 is 2.05 bits per heavy atom. The number of nitrogens with one attached hydrogen (secondary N) is 1. The third-order valence-electron chi connectivity index (χ3n) is 2.87. The Hall–Kier alpha value is -1.88. The highest BCUT2D eigenvalue weighted by Crippen LogP contribution is 2.27. The summed E-state index contributed by atoms with van der Waals surface area (Å²) in [6.07, 6.45) is 0. The lowest BCUT2D eigenvalue weighted by molar-refractivity contribution is 0.415. The van der Waals surface area contributed by atoms with Crippen molar-refractivity contribution < 1.29 is 9.13 Å². The molecule has 19 heavy (non-hydrogen) atoms. The molecule has 0 unspecified atom stereocenters. The Morgan fingerprint density at radius 1 is 1.21 bits per heavy atom. The van der Waals surface area contributed by atoms with Crippen molar-refractivity contribution in [2.45, 2.75) is 0 Å². The fraction of sp³-hybridized carbons (Fsp3) is 0.0714. The maximum absolute atomic E-state index is 13.8. The Balaban J connectivity index is 2.17. The summed E-state index contributed by atoms with van der Waals surface area (Å²) in [6, 6.07) is 10.3. The third kappa shape index (κ3) is 2.21. The first-order valence-corrected chi connectivity index (χ1v) is 6.46. The van der Waals surface area contributed by atoms with Crippen LogP contribution in [0.15, 0.2) is 40.9 Å². The molecule has 3 nitrogen and oxygen atoms in total. The molecule has 2 aromatic carbocycles. The highest BCUT2D eigenvalue weighted by molar-refractivity contribution is 9.10. The van der Waals surface area contributed by atoms with E-state index in [1.54, 1.807) is 19.2 Å². The molecule has 0 aliphatic carbocycles. The van der Waals surface area contributed by atoms with Crippen LogP contribution in [0.2, 0.25) is 0 Å². The van der Waals surface area contributed by atoms with Crippen LogP contribution in [0.25, 0.3) is 22.4 Å². The molecule has 0 atom stereocenters. The lowest BCUT2D eigenvalue weighted by atomic mass is 10.2. The van der Waals surface area contributed by atoms with Crippen LogP contribution >= 0.6 is 15.9 Å². The second-order valence-corrected chi connectivity index (χ2v) is 5.01. The summed E-state index contributed by atoms with van der Waals surface area (Å²) in [6.45, 7) is 0. The number of aromatic amines is 1. The zero-order chi connectivity index (χ0) is 13.4. The fourth-order valence-electron chi connectivity index (χ4n) is 1.92. The number of rotatable bonds is 2. The van der Waals surface area contributed by atoms with Gasteiger partial charge >= 0.3 is 0 Å². The van der Waals surface area contributed by atoms with E-state index in [0.717, 1.165) is 21.3 Å². The molecule has 1 aromatic heterocycles. The smallest absolute Gasteiger partial charge is 0.141 e. The lowest BCUT2D eigenvalue weighted by Gasteiger charge is -1.99. The van der Waals surface area contributed by atoms with Gasteiger partial charge in [0.05, 0.1) is 23.7 Å². The lowest BCUT2D eigenvalue weighted by Crippen LogP contribution is -1.86. The normalized spacial score (nSPS) is 10.9. The monoisotopic (exact) mass is 320 g/mol. The maximum Gasteiger partial charge on any atom is 0.141 e. The average molecular weight is 321 g/mol. The van der Waals surface area contributed by atoms with Crippen molar-refractivity contribution in [3.63, 3.8) is 0 Å². The van der Waals surface area contributed by atoms with Crippen LogP contribution in [0.5, 0.6) is 5.75 Å². The standard InChI is InChI=1S/C14H10BrFN2O/c1-19-9-3-5-12-13(7-9)18-14(17-12)10-6-8(15)2-4-11(10)16/h2-7H,1H3,(H,17,18). The Bertz CT molecular complexity index is 754. The predicted octanol–water partition coefficient (Wildman–Crippen LogP) is 4.14. The minimum Gasteiger partial charge on any atom is -0.497 e. The van der Waals surface area contributed by atoms with Crippen LogP contribution in [-0.4, -0.2) is 17.1 Å². The number of imidazole rings is 1. The van der Waals surface area contributed by atoms with Crippen LogP contribution < -0.4 is 4.74 Å². The van der Waals surface area contributed by atoms with E-state index < -0.39 is 0 Å². The second kappa shape index (κ2) is 4.66. The van der Waals surface area contributed by atoms with E-state index in [9.17, 15) is 4.39 Å². The fourth-order valence-corrected chi connectivity index (χ4v) is 2.28. The number of nitrogens with zero attached hydrogens (tertiary/aromatic N) is 1. The predicted molar refractivity (Wildman–Crippen MR) is 75.7 cm³/mol. The number of benzene rings is 2. The third-order valence-corrected chi connectivity index (χ3v) is 3.37. The molecule has 3 rings (SSSR count). The maximum atomic E-state index is 13.8. The summed E-state index contributed by atoms with van der Waals surface area (Å²) < 4.78 is 19.8. The van der Waals surface area contributed by atoms with Gasteiger partial charge in [-0.2, -0.15) is 0 Å². The van der Waals surface area contributed by atoms with Crippen molar-refractivity contribution in [3.8, 4) is 17.1 Å². The van der Waals surface area contributed by atoms with Crippen LogP contribution in [0, 0.1) is 5.82 Å². The second-order valence-electron chi connectivity index (χ2n) is 4.09. The zero-order valence-electron chi connectivity index (χ0n) is 10.1. The number of methoxy groups -OCH3 is 1. The molecule has 0 bridgehead atoms. The quantitative estimate of drug-likeness (QED) is 0.770. The summed E-state index contributed by atoms with van der Waals surface area (Å²) in [5.41, 5.74) is 2.02. The average Bonchev–Trinajstić information content (AvgIpc) is 2.83. The van der Waals surface area contributed by atoms with E-state index in [1.807, 2.05) is 18.2 Å². The highest BCUT2D eigenvalue weighted by Gasteiger charge is 2.11. The van der Waals surface area contributed by atoms with Crippen LogP contribution in [0.4, 0.5) is 4.39 Å². The number of H-pyrrole nitrogens is 1. The van der Waals surface area contributed by atoms with Crippen molar-refractivity contribution in [2.24, 2.45) is 0 Å². The minimum atomic E-state index is -0.311. The molecular formula is C14H10BrFN2O. The summed E-state index contributed by atoms with van der Waals surface area (Å²) in [5, 5.41) is 0. The summed E-state index contributed by atoms with van der Waals surface area (Å²) in [7, 11) is 1.60. The first kappa shape index (κ1) is 12.2. The van der Waals surface area contributed by atoms with E-state index in [-0.39, 0.29) is 5.82 Å². The summed E-state index contributed by atoms with van der Waals surface area (Å²) in [5.74, 6) is 0.925. The van der Waals surface area contributed by atoms with Crippen molar-refractivity contribution in [1.82, 2.24) is 9.97 Å². The van der Waals surface area contributed by atoms with Crippen LogP contribution in [0.1, 0.15) is 0 Å². The molecule has 1 N–H and O–H groups in total. The highest BCUT2D eigenvalue weighted by atomic mass is 79.9.